The summed E-state index contributed by atoms with van der Waals surface area (Å²) < 4.78 is 11.1. The van der Waals surface area contributed by atoms with Crippen LogP contribution in [0, 0.1) is 11.8 Å². The van der Waals surface area contributed by atoms with Crippen molar-refractivity contribution >= 4 is 35.0 Å². The Labute approximate surface area is 254 Å². The molecule has 0 saturated heterocycles. The van der Waals surface area contributed by atoms with Crippen molar-refractivity contribution in [3.8, 4) is 33.6 Å². The molecule has 2 aromatic carbocycles. The van der Waals surface area contributed by atoms with Crippen LogP contribution in [0.25, 0.3) is 33.6 Å². The van der Waals surface area contributed by atoms with Crippen molar-refractivity contribution in [3.05, 3.63) is 70.1 Å². The standard InChI is InChI=1S/C32H32Cl2N4O4/c33-26-13-12-21(14-25(26)28-15-22(41-37-28)17-35-31(39)19-6-1-2-7-19)24-10-5-11-27(34)30(24)29-16-23(42-38-29)18-36-32(40)20-8-3-4-9-20/h5,10-16,19-20H,1-4,6-9,17-18H2,(H,35,39)(H,36,40). The van der Waals surface area contributed by atoms with Gasteiger partial charge in [-0.2, -0.15) is 0 Å². The summed E-state index contributed by atoms with van der Waals surface area (Å²) in [7, 11) is 0. The minimum atomic E-state index is 0.0600. The summed E-state index contributed by atoms with van der Waals surface area (Å²) in [5, 5.41) is 15.5. The molecule has 0 atom stereocenters. The molecule has 2 heterocycles. The van der Waals surface area contributed by atoms with Crippen LogP contribution >= 0.6 is 23.2 Å². The summed E-state index contributed by atoms with van der Waals surface area (Å²) in [5.41, 5.74) is 4.22. The molecule has 4 aromatic rings. The van der Waals surface area contributed by atoms with Crippen molar-refractivity contribution in [1.29, 1.82) is 0 Å². The van der Waals surface area contributed by atoms with Gasteiger partial charge in [-0.15, -0.1) is 0 Å². The number of aromatic nitrogens is 2. The molecule has 2 N–H and O–H groups in total. The minimum Gasteiger partial charge on any atom is -0.359 e. The molecule has 2 aromatic heterocycles. The van der Waals surface area contributed by atoms with E-state index in [1.54, 1.807) is 24.3 Å². The number of carbonyl (C=O) groups is 2. The lowest BCUT2D eigenvalue weighted by Gasteiger charge is -2.11. The Kier molecular flexibility index (Phi) is 8.63. The van der Waals surface area contributed by atoms with Crippen molar-refractivity contribution in [2.75, 3.05) is 0 Å². The van der Waals surface area contributed by atoms with E-state index in [-0.39, 0.29) is 36.7 Å². The Balaban J connectivity index is 1.21. The van der Waals surface area contributed by atoms with Crippen molar-refractivity contribution in [3.63, 3.8) is 0 Å². The molecule has 0 spiro atoms. The zero-order valence-corrected chi connectivity index (χ0v) is 24.6. The molecule has 2 fully saturated rings. The Hall–Kier alpha value is -3.62. The van der Waals surface area contributed by atoms with Gasteiger partial charge in [0.05, 0.1) is 23.1 Å². The predicted octanol–water partition coefficient (Wildman–Crippen LogP) is 7.58. The summed E-state index contributed by atoms with van der Waals surface area (Å²) in [6, 6.07) is 14.9. The van der Waals surface area contributed by atoms with Gasteiger partial charge in [0.2, 0.25) is 11.8 Å². The number of benzene rings is 2. The second-order valence-electron chi connectivity index (χ2n) is 11.1. The van der Waals surface area contributed by atoms with Gasteiger partial charge in [-0.25, -0.2) is 0 Å². The SMILES string of the molecule is O=C(NCc1cc(-c2cc(-c3cccc(Cl)c3-c3cc(CNC(=O)C4CCCC4)on3)ccc2Cl)no1)C1CCCC1. The van der Waals surface area contributed by atoms with Crippen molar-refractivity contribution in [2.45, 2.75) is 64.5 Å². The summed E-state index contributed by atoms with van der Waals surface area (Å²) in [6.45, 7) is 0.538. The lowest BCUT2D eigenvalue weighted by molar-refractivity contribution is -0.125. The van der Waals surface area contributed by atoms with Crippen LogP contribution in [0.2, 0.25) is 10.0 Å². The van der Waals surface area contributed by atoms with Crippen LogP contribution in [-0.4, -0.2) is 22.1 Å². The van der Waals surface area contributed by atoms with E-state index < -0.39 is 0 Å². The average Bonchev–Trinajstić information content (AvgIpc) is 3.82. The molecule has 2 aliphatic rings. The van der Waals surface area contributed by atoms with Crippen LogP contribution in [-0.2, 0) is 22.7 Å². The maximum absolute atomic E-state index is 12.5. The first-order valence-electron chi connectivity index (χ1n) is 14.5. The van der Waals surface area contributed by atoms with Gasteiger partial charge in [-0.3, -0.25) is 9.59 Å². The fourth-order valence-electron chi connectivity index (χ4n) is 5.96. The molecule has 42 heavy (non-hydrogen) atoms. The topological polar surface area (TPSA) is 110 Å². The molecule has 0 bridgehead atoms. The predicted molar refractivity (Wildman–Crippen MR) is 161 cm³/mol. The largest absolute Gasteiger partial charge is 0.359 e. The van der Waals surface area contributed by atoms with Crippen LogP contribution in [0.15, 0.2) is 57.6 Å². The van der Waals surface area contributed by atoms with Gasteiger partial charge in [0.1, 0.15) is 11.4 Å². The monoisotopic (exact) mass is 606 g/mol. The third-order valence-corrected chi connectivity index (χ3v) is 8.91. The van der Waals surface area contributed by atoms with Gasteiger partial charge in [-0.05, 0) is 55.0 Å². The van der Waals surface area contributed by atoms with E-state index in [1.165, 1.54) is 0 Å². The number of hydrogen-bond donors (Lipinski definition) is 2. The number of nitrogens with one attached hydrogen (secondary N) is 2. The van der Waals surface area contributed by atoms with Crippen molar-refractivity contribution < 1.29 is 18.6 Å². The van der Waals surface area contributed by atoms with E-state index >= 15 is 0 Å². The van der Waals surface area contributed by atoms with E-state index in [2.05, 4.69) is 20.9 Å². The van der Waals surface area contributed by atoms with E-state index in [4.69, 9.17) is 32.2 Å². The molecular formula is C32H32Cl2N4O4. The highest BCUT2D eigenvalue weighted by Crippen LogP contribution is 2.40. The van der Waals surface area contributed by atoms with Gasteiger partial charge < -0.3 is 19.7 Å². The van der Waals surface area contributed by atoms with Crippen LogP contribution in [0.1, 0.15) is 62.9 Å². The zero-order valence-electron chi connectivity index (χ0n) is 23.1. The molecular weight excluding hydrogens is 575 g/mol. The lowest BCUT2D eigenvalue weighted by Crippen LogP contribution is -2.28. The van der Waals surface area contributed by atoms with Crippen LogP contribution < -0.4 is 10.6 Å². The van der Waals surface area contributed by atoms with Crippen molar-refractivity contribution in [1.82, 2.24) is 20.9 Å². The molecule has 2 saturated carbocycles. The highest BCUT2D eigenvalue weighted by atomic mass is 35.5. The molecule has 0 unspecified atom stereocenters. The number of hydrogen-bond acceptors (Lipinski definition) is 6. The molecule has 2 aliphatic carbocycles. The normalized spacial score (nSPS) is 15.8. The van der Waals surface area contributed by atoms with E-state index in [9.17, 15) is 9.59 Å². The first-order chi connectivity index (χ1) is 20.5. The van der Waals surface area contributed by atoms with Crippen molar-refractivity contribution in [2.24, 2.45) is 11.8 Å². The highest BCUT2D eigenvalue weighted by Gasteiger charge is 2.24. The number of halogens is 2. The summed E-state index contributed by atoms with van der Waals surface area (Å²) in [4.78, 5) is 24.9. The smallest absolute Gasteiger partial charge is 0.223 e. The second-order valence-corrected chi connectivity index (χ2v) is 11.9. The van der Waals surface area contributed by atoms with Gasteiger partial charge in [0, 0.05) is 35.1 Å². The molecule has 2 amide bonds. The molecule has 218 valence electrons. The van der Waals surface area contributed by atoms with Crippen LogP contribution in [0.4, 0.5) is 0 Å². The summed E-state index contributed by atoms with van der Waals surface area (Å²) in [6.07, 6.45) is 8.15. The number of rotatable bonds is 9. The lowest BCUT2D eigenvalue weighted by atomic mass is 9.95. The molecule has 0 radical (unpaired) electrons. The minimum absolute atomic E-state index is 0.0600. The Morgan fingerprint density at radius 2 is 1.29 bits per heavy atom. The number of carbonyl (C=O) groups excluding carboxylic acids is 2. The van der Waals surface area contributed by atoms with E-state index in [1.807, 2.05) is 24.3 Å². The number of nitrogens with zero attached hydrogens (tertiary/aromatic N) is 2. The Morgan fingerprint density at radius 1 is 0.714 bits per heavy atom. The summed E-state index contributed by atoms with van der Waals surface area (Å²) >= 11 is 13.3. The first kappa shape index (κ1) is 28.5. The maximum atomic E-state index is 12.5. The third-order valence-electron chi connectivity index (χ3n) is 8.27. The third kappa shape index (κ3) is 6.25. The average molecular weight is 608 g/mol. The number of amides is 2. The van der Waals surface area contributed by atoms with Gasteiger partial charge in [0.15, 0.2) is 11.5 Å². The fourth-order valence-corrected chi connectivity index (χ4v) is 6.45. The van der Waals surface area contributed by atoms with Gasteiger partial charge in [-0.1, -0.05) is 77.4 Å². The second kappa shape index (κ2) is 12.7. The Morgan fingerprint density at radius 3 is 1.90 bits per heavy atom. The molecule has 8 nitrogen and oxygen atoms in total. The first-order valence-corrected chi connectivity index (χ1v) is 15.3. The molecule has 0 aliphatic heterocycles. The maximum Gasteiger partial charge on any atom is 0.223 e. The quantitative estimate of drug-likeness (QED) is 0.203. The van der Waals surface area contributed by atoms with Crippen LogP contribution in [0.3, 0.4) is 0 Å². The summed E-state index contributed by atoms with van der Waals surface area (Å²) in [5.74, 6) is 1.39. The molecule has 6 rings (SSSR count). The zero-order chi connectivity index (χ0) is 29.1. The van der Waals surface area contributed by atoms with Gasteiger partial charge in [0.25, 0.3) is 0 Å². The Bertz CT molecular complexity index is 1580. The molecule has 10 heteroatoms. The van der Waals surface area contributed by atoms with E-state index in [0.717, 1.165) is 62.5 Å². The fraction of sp³-hybridized carbons (Fsp3) is 0.375. The van der Waals surface area contributed by atoms with Gasteiger partial charge >= 0.3 is 0 Å². The van der Waals surface area contributed by atoms with Crippen LogP contribution in [0.5, 0.6) is 0 Å². The van der Waals surface area contributed by atoms with E-state index in [0.29, 0.717) is 44.1 Å². The highest BCUT2D eigenvalue weighted by molar-refractivity contribution is 6.34.